The van der Waals surface area contributed by atoms with Crippen molar-refractivity contribution >= 4 is 34.0 Å². The van der Waals surface area contributed by atoms with Crippen LogP contribution in [0.25, 0.3) is 10.9 Å². The van der Waals surface area contributed by atoms with Gasteiger partial charge in [-0.05, 0) is 19.1 Å². The Balaban J connectivity index is 1.60. The highest BCUT2D eigenvalue weighted by Gasteiger charge is 2.24. The predicted molar refractivity (Wildman–Crippen MR) is 106 cm³/mol. The Labute approximate surface area is 170 Å². The number of esters is 1. The topological polar surface area (TPSA) is 115 Å². The second-order valence-electron chi connectivity index (χ2n) is 6.43. The van der Waals surface area contributed by atoms with Gasteiger partial charge in [0.1, 0.15) is 10.8 Å². The lowest BCUT2D eigenvalue weighted by Gasteiger charge is -2.09. The number of aryl methyl sites for hydroxylation is 2. The number of ketones is 1. The molecule has 0 aliphatic rings. The van der Waals surface area contributed by atoms with E-state index in [1.54, 1.807) is 43.6 Å². The SMILES string of the molecule is Cc1csc([C@H](C#N)C(=O)COC(=O)CCc2nc3ccccc3c(=O)n2C)n1. The summed E-state index contributed by atoms with van der Waals surface area (Å²) in [5.74, 6) is -1.73. The van der Waals surface area contributed by atoms with Gasteiger partial charge in [-0.3, -0.25) is 19.0 Å². The van der Waals surface area contributed by atoms with Crippen LogP contribution in [0.2, 0.25) is 0 Å². The zero-order valence-electron chi connectivity index (χ0n) is 15.9. The number of fused-ring (bicyclic) bond motifs is 1. The van der Waals surface area contributed by atoms with Crippen LogP contribution in [0.3, 0.4) is 0 Å². The Bertz CT molecular complexity index is 1180. The molecule has 3 aromatic rings. The summed E-state index contributed by atoms with van der Waals surface area (Å²) in [7, 11) is 1.60. The Hall–Kier alpha value is -3.38. The molecule has 0 saturated carbocycles. The van der Waals surface area contributed by atoms with Gasteiger partial charge in [0.15, 0.2) is 18.3 Å². The lowest BCUT2D eigenvalue weighted by Crippen LogP contribution is -2.24. The molecule has 0 fully saturated rings. The molecule has 148 valence electrons. The van der Waals surface area contributed by atoms with E-state index < -0.39 is 24.3 Å². The van der Waals surface area contributed by atoms with Crippen molar-refractivity contribution in [1.82, 2.24) is 14.5 Å². The average molecular weight is 410 g/mol. The van der Waals surface area contributed by atoms with E-state index in [1.807, 2.05) is 6.07 Å². The second kappa shape index (κ2) is 8.75. The van der Waals surface area contributed by atoms with Gasteiger partial charge in [-0.1, -0.05) is 12.1 Å². The maximum atomic E-state index is 12.4. The molecule has 3 rings (SSSR count). The number of benzene rings is 1. The van der Waals surface area contributed by atoms with Gasteiger partial charge in [0, 0.05) is 24.5 Å². The molecule has 0 unspecified atom stereocenters. The fraction of sp³-hybridized carbons (Fsp3) is 0.300. The quantitative estimate of drug-likeness (QED) is 0.548. The molecule has 2 heterocycles. The number of para-hydroxylation sites is 1. The van der Waals surface area contributed by atoms with Crippen LogP contribution in [0, 0.1) is 18.3 Å². The first-order valence-corrected chi connectivity index (χ1v) is 9.73. The molecule has 0 radical (unpaired) electrons. The molecule has 29 heavy (non-hydrogen) atoms. The molecular formula is C20H18N4O4S. The second-order valence-corrected chi connectivity index (χ2v) is 7.32. The van der Waals surface area contributed by atoms with Crippen LogP contribution in [-0.2, 0) is 27.8 Å². The van der Waals surface area contributed by atoms with Crippen molar-refractivity contribution < 1.29 is 14.3 Å². The van der Waals surface area contributed by atoms with Crippen molar-refractivity contribution in [2.24, 2.45) is 7.05 Å². The van der Waals surface area contributed by atoms with E-state index in [0.717, 1.165) is 5.69 Å². The number of nitriles is 1. The van der Waals surface area contributed by atoms with Crippen LogP contribution in [0.1, 0.15) is 28.9 Å². The highest BCUT2D eigenvalue weighted by atomic mass is 32.1. The number of hydrogen-bond donors (Lipinski definition) is 0. The number of Topliss-reactive ketones (excluding diaryl/α,β-unsaturated/α-hetero) is 1. The summed E-state index contributed by atoms with van der Waals surface area (Å²) in [6.45, 7) is 1.27. The van der Waals surface area contributed by atoms with Crippen molar-refractivity contribution in [3.63, 3.8) is 0 Å². The molecule has 2 aromatic heterocycles. The van der Waals surface area contributed by atoms with Crippen molar-refractivity contribution in [2.45, 2.75) is 25.7 Å². The van der Waals surface area contributed by atoms with E-state index in [0.29, 0.717) is 21.7 Å². The maximum Gasteiger partial charge on any atom is 0.306 e. The number of rotatable bonds is 7. The number of carbonyl (C=O) groups excluding carboxylic acids is 2. The van der Waals surface area contributed by atoms with Gasteiger partial charge >= 0.3 is 5.97 Å². The zero-order valence-corrected chi connectivity index (χ0v) is 16.7. The van der Waals surface area contributed by atoms with Crippen LogP contribution in [0.5, 0.6) is 0 Å². The number of carbonyl (C=O) groups is 2. The summed E-state index contributed by atoms with van der Waals surface area (Å²) in [5, 5.41) is 11.9. The van der Waals surface area contributed by atoms with Crippen molar-refractivity contribution in [3.05, 3.63) is 56.5 Å². The van der Waals surface area contributed by atoms with E-state index in [4.69, 9.17) is 4.74 Å². The van der Waals surface area contributed by atoms with Gasteiger partial charge < -0.3 is 4.74 Å². The number of thiazole rings is 1. The van der Waals surface area contributed by atoms with Crippen molar-refractivity contribution in [2.75, 3.05) is 6.61 Å². The summed E-state index contributed by atoms with van der Waals surface area (Å²) < 4.78 is 6.42. The molecule has 1 aromatic carbocycles. The maximum absolute atomic E-state index is 12.4. The highest BCUT2D eigenvalue weighted by molar-refractivity contribution is 7.09. The largest absolute Gasteiger partial charge is 0.458 e. The molecule has 8 nitrogen and oxygen atoms in total. The summed E-state index contributed by atoms with van der Waals surface area (Å²) in [4.78, 5) is 45.2. The van der Waals surface area contributed by atoms with Crippen LogP contribution in [0.4, 0.5) is 0 Å². The van der Waals surface area contributed by atoms with Crippen molar-refractivity contribution in [3.8, 4) is 6.07 Å². The minimum atomic E-state index is -1.05. The average Bonchev–Trinajstić information content (AvgIpc) is 3.14. The molecule has 1 atom stereocenters. The first-order chi connectivity index (χ1) is 13.9. The first kappa shape index (κ1) is 20.4. The Kier molecular flexibility index (Phi) is 6.14. The molecule has 0 spiro atoms. The van der Waals surface area contributed by atoms with Crippen LogP contribution < -0.4 is 5.56 Å². The van der Waals surface area contributed by atoms with E-state index in [1.165, 1.54) is 15.9 Å². The third kappa shape index (κ3) is 4.55. The van der Waals surface area contributed by atoms with Gasteiger partial charge in [-0.25, -0.2) is 9.97 Å². The smallest absolute Gasteiger partial charge is 0.306 e. The number of ether oxygens (including phenoxy) is 1. The first-order valence-electron chi connectivity index (χ1n) is 8.85. The molecule has 0 aliphatic carbocycles. The normalized spacial score (nSPS) is 11.8. The number of hydrogen-bond acceptors (Lipinski definition) is 8. The van der Waals surface area contributed by atoms with Gasteiger partial charge in [0.05, 0.1) is 23.4 Å². The minimum absolute atomic E-state index is 0.0422. The molecule has 0 saturated heterocycles. The van der Waals surface area contributed by atoms with E-state index >= 15 is 0 Å². The van der Waals surface area contributed by atoms with Gasteiger partial charge in [-0.15, -0.1) is 11.3 Å². The standard InChI is InChI=1S/C20H18N4O4S/c1-12-11-29-19(22-12)14(9-21)16(25)10-28-18(26)8-7-17-23-15-6-4-3-5-13(15)20(27)24(17)2/h3-6,11,14H,7-8,10H2,1-2H3/t14-/m1/s1. The summed E-state index contributed by atoms with van der Waals surface area (Å²) >= 11 is 1.22. The summed E-state index contributed by atoms with van der Waals surface area (Å²) in [5.41, 5.74) is 1.10. The number of nitrogens with zero attached hydrogens (tertiary/aromatic N) is 4. The van der Waals surface area contributed by atoms with Gasteiger partial charge in [0.2, 0.25) is 0 Å². The van der Waals surface area contributed by atoms with Gasteiger partial charge in [0.25, 0.3) is 5.56 Å². The third-order valence-corrected chi connectivity index (χ3v) is 5.37. The van der Waals surface area contributed by atoms with Crippen LogP contribution >= 0.6 is 11.3 Å². The Morgan fingerprint density at radius 3 is 2.76 bits per heavy atom. The van der Waals surface area contributed by atoms with E-state index in [9.17, 15) is 19.6 Å². The Morgan fingerprint density at radius 1 is 1.31 bits per heavy atom. The van der Waals surface area contributed by atoms with E-state index in [-0.39, 0.29) is 18.4 Å². The molecule has 0 N–H and O–H groups in total. The summed E-state index contributed by atoms with van der Waals surface area (Å²) in [6, 6.07) is 8.89. The minimum Gasteiger partial charge on any atom is -0.458 e. The molecule has 0 amide bonds. The number of aromatic nitrogens is 3. The van der Waals surface area contributed by atoms with Crippen LogP contribution in [-0.4, -0.2) is 32.9 Å². The fourth-order valence-electron chi connectivity index (χ4n) is 2.78. The summed E-state index contributed by atoms with van der Waals surface area (Å²) in [6.07, 6.45) is 0.149. The molecular weight excluding hydrogens is 392 g/mol. The van der Waals surface area contributed by atoms with Gasteiger partial charge in [-0.2, -0.15) is 5.26 Å². The predicted octanol–water partition coefficient (Wildman–Crippen LogP) is 2.05. The molecule has 0 bridgehead atoms. The Morgan fingerprint density at radius 2 is 2.07 bits per heavy atom. The third-order valence-electron chi connectivity index (χ3n) is 4.34. The van der Waals surface area contributed by atoms with Crippen LogP contribution in [0.15, 0.2) is 34.4 Å². The highest BCUT2D eigenvalue weighted by Crippen LogP contribution is 2.20. The molecule has 9 heteroatoms. The zero-order chi connectivity index (χ0) is 21.0. The fourth-order valence-corrected chi connectivity index (χ4v) is 3.64. The lowest BCUT2D eigenvalue weighted by atomic mass is 10.1. The van der Waals surface area contributed by atoms with Crippen molar-refractivity contribution in [1.29, 1.82) is 5.26 Å². The van der Waals surface area contributed by atoms with E-state index in [2.05, 4.69) is 9.97 Å². The molecule has 0 aliphatic heterocycles. The monoisotopic (exact) mass is 410 g/mol. The lowest BCUT2D eigenvalue weighted by molar-refractivity contribution is -0.148.